The SMILES string of the molecule is O=C(O)c1ccc(F)c(NC(=O)c2ccc(OC3CCOCC3)cc2)c1. The quantitative estimate of drug-likeness (QED) is 0.855. The summed E-state index contributed by atoms with van der Waals surface area (Å²) in [5.41, 5.74) is 0.0174. The molecule has 2 N–H and O–H groups in total. The molecule has 0 radical (unpaired) electrons. The van der Waals surface area contributed by atoms with Gasteiger partial charge in [0.25, 0.3) is 5.91 Å². The van der Waals surface area contributed by atoms with Crippen LogP contribution < -0.4 is 10.1 Å². The predicted octanol–water partition coefficient (Wildman–Crippen LogP) is 3.33. The van der Waals surface area contributed by atoms with Crippen molar-refractivity contribution in [2.45, 2.75) is 18.9 Å². The van der Waals surface area contributed by atoms with Crippen molar-refractivity contribution in [2.75, 3.05) is 18.5 Å². The Morgan fingerprint density at radius 3 is 2.38 bits per heavy atom. The van der Waals surface area contributed by atoms with Gasteiger partial charge in [0, 0.05) is 18.4 Å². The first-order valence-electron chi connectivity index (χ1n) is 8.21. The van der Waals surface area contributed by atoms with Crippen LogP contribution in [0.4, 0.5) is 10.1 Å². The molecule has 1 aliphatic heterocycles. The number of carboxylic acids is 1. The van der Waals surface area contributed by atoms with Gasteiger partial charge in [0.05, 0.1) is 24.5 Å². The van der Waals surface area contributed by atoms with Crippen LogP contribution in [0.3, 0.4) is 0 Å². The number of carbonyl (C=O) groups excluding carboxylic acids is 1. The molecule has 0 atom stereocenters. The van der Waals surface area contributed by atoms with E-state index in [4.69, 9.17) is 14.6 Å². The summed E-state index contributed by atoms with van der Waals surface area (Å²) < 4.78 is 24.9. The molecule has 136 valence electrons. The summed E-state index contributed by atoms with van der Waals surface area (Å²) in [5.74, 6) is -1.80. The van der Waals surface area contributed by atoms with Gasteiger partial charge in [-0.3, -0.25) is 4.79 Å². The van der Waals surface area contributed by atoms with Gasteiger partial charge in [-0.2, -0.15) is 0 Å². The van der Waals surface area contributed by atoms with Crippen LogP contribution in [0.25, 0.3) is 0 Å². The summed E-state index contributed by atoms with van der Waals surface area (Å²) >= 11 is 0. The van der Waals surface area contributed by atoms with E-state index >= 15 is 0 Å². The smallest absolute Gasteiger partial charge is 0.335 e. The molecule has 0 bridgehead atoms. The second kappa shape index (κ2) is 7.97. The third kappa shape index (κ3) is 4.37. The summed E-state index contributed by atoms with van der Waals surface area (Å²) in [6.45, 7) is 1.35. The van der Waals surface area contributed by atoms with Crippen LogP contribution in [-0.4, -0.2) is 36.3 Å². The Labute approximate surface area is 149 Å². The van der Waals surface area contributed by atoms with Crippen molar-refractivity contribution in [3.8, 4) is 5.75 Å². The number of ether oxygens (including phenoxy) is 2. The largest absolute Gasteiger partial charge is 0.490 e. The van der Waals surface area contributed by atoms with E-state index in [2.05, 4.69) is 5.32 Å². The van der Waals surface area contributed by atoms with Crippen LogP contribution in [0.5, 0.6) is 5.75 Å². The monoisotopic (exact) mass is 359 g/mol. The Morgan fingerprint density at radius 1 is 1.08 bits per heavy atom. The van der Waals surface area contributed by atoms with Crippen LogP contribution in [-0.2, 0) is 4.74 Å². The van der Waals surface area contributed by atoms with Gasteiger partial charge < -0.3 is 19.9 Å². The zero-order chi connectivity index (χ0) is 18.5. The minimum Gasteiger partial charge on any atom is -0.490 e. The molecule has 1 saturated heterocycles. The molecule has 0 aliphatic carbocycles. The third-order valence-electron chi connectivity index (χ3n) is 4.05. The normalized spacial score (nSPS) is 14.7. The average molecular weight is 359 g/mol. The minimum absolute atomic E-state index is 0.0938. The van der Waals surface area contributed by atoms with Crippen molar-refractivity contribution in [3.63, 3.8) is 0 Å². The van der Waals surface area contributed by atoms with Gasteiger partial charge in [-0.1, -0.05) is 0 Å². The molecule has 1 amide bonds. The first kappa shape index (κ1) is 17.9. The van der Waals surface area contributed by atoms with Crippen molar-refractivity contribution in [3.05, 3.63) is 59.4 Å². The summed E-state index contributed by atoms with van der Waals surface area (Å²) in [6.07, 6.45) is 1.74. The first-order valence-corrected chi connectivity index (χ1v) is 8.21. The zero-order valence-electron chi connectivity index (χ0n) is 13.9. The lowest BCUT2D eigenvalue weighted by Crippen LogP contribution is -2.25. The molecule has 3 rings (SSSR count). The number of carboxylic acid groups (broad SMARTS) is 1. The van der Waals surface area contributed by atoms with Gasteiger partial charge >= 0.3 is 5.97 Å². The number of rotatable bonds is 5. The molecular formula is C19H18FNO5. The van der Waals surface area contributed by atoms with E-state index in [-0.39, 0.29) is 17.4 Å². The highest BCUT2D eigenvalue weighted by Crippen LogP contribution is 2.20. The molecule has 2 aromatic rings. The van der Waals surface area contributed by atoms with E-state index in [1.54, 1.807) is 24.3 Å². The van der Waals surface area contributed by atoms with Crippen LogP contribution in [0.1, 0.15) is 33.6 Å². The van der Waals surface area contributed by atoms with Crippen molar-refractivity contribution in [2.24, 2.45) is 0 Å². The predicted molar refractivity (Wildman–Crippen MR) is 92.2 cm³/mol. The standard InChI is InChI=1S/C19H18FNO5/c20-16-6-3-13(19(23)24)11-17(16)21-18(22)12-1-4-14(5-2-12)26-15-7-9-25-10-8-15/h1-6,11,15H,7-10H2,(H,21,22)(H,23,24). The highest BCUT2D eigenvalue weighted by molar-refractivity contribution is 6.05. The Hall–Kier alpha value is -2.93. The molecule has 0 aromatic heterocycles. The average Bonchev–Trinajstić information content (AvgIpc) is 2.64. The zero-order valence-corrected chi connectivity index (χ0v) is 13.9. The number of hydrogen-bond donors (Lipinski definition) is 2. The van der Waals surface area contributed by atoms with Gasteiger partial charge in [0.1, 0.15) is 17.7 Å². The summed E-state index contributed by atoms with van der Waals surface area (Å²) in [7, 11) is 0. The molecule has 0 unspecified atom stereocenters. The van der Waals surface area contributed by atoms with Gasteiger partial charge in [0.15, 0.2) is 0 Å². The molecular weight excluding hydrogens is 341 g/mol. The number of anilines is 1. The number of halogens is 1. The number of aromatic carboxylic acids is 1. The van der Waals surface area contributed by atoms with Crippen molar-refractivity contribution < 1.29 is 28.6 Å². The maximum absolute atomic E-state index is 13.8. The summed E-state index contributed by atoms with van der Waals surface area (Å²) in [4.78, 5) is 23.2. The third-order valence-corrected chi connectivity index (χ3v) is 4.05. The molecule has 6 nitrogen and oxygen atoms in total. The second-order valence-electron chi connectivity index (χ2n) is 5.91. The molecule has 0 spiro atoms. The maximum atomic E-state index is 13.8. The topological polar surface area (TPSA) is 84.9 Å². The molecule has 0 saturated carbocycles. The Balaban J connectivity index is 1.66. The summed E-state index contributed by atoms with van der Waals surface area (Å²) in [6, 6.07) is 9.71. The van der Waals surface area contributed by atoms with Gasteiger partial charge in [-0.05, 0) is 42.5 Å². The molecule has 26 heavy (non-hydrogen) atoms. The van der Waals surface area contributed by atoms with Crippen LogP contribution >= 0.6 is 0 Å². The van der Waals surface area contributed by atoms with E-state index in [1.165, 1.54) is 0 Å². The Bertz CT molecular complexity index is 800. The highest BCUT2D eigenvalue weighted by atomic mass is 19.1. The lowest BCUT2D eigenvalue weighted by molar-refractivity contribution is 0.0255. The van der Waals surface area contributed by atoms with Gasteiger partial charge in [-0.25, -0.2) is 9.18 Å². The number of amides is 1. The number of benzene rings is 2. The van der Waals surface area contributed by atoms with E-state index in [0.29, 0.717) is 24.5 Å². The van der Waals surface area contributed by atoms with Crippen LogP contribution in [0.2, 0.25) is 0 Å². The highest BCUT2D eigenvalue weighted by Gasteiger charge is 2.16. The minimum atomic E-state index is -1.20. The van der Waals surface area contributed by atoms with Crippen molar-refractivity contribution >= 4 is 17.6 Å². The number of hydrogen-bond acceptors (Lipinski definition) is 4. The van der Waals surface area contributed by atoms with E-state index in [9.17, 15) is 14.0 Å². The molecule has 1 heterocycles. The van der Waals surface area contributed by atoms with Gasteiger partial charge in [-0.15, -0.1) is 0 Å². The fourth-order valence-electron chi connectivity index (χ4n) is 2.62. The van der Waals surface area contributed by atoms with E-state index in [1.807, 2.05) is 0 Å². The Morgan fingerprint density at radius 2 is 1.73 bits per heavy atom. The fourth-order valence-corrected chi connectivity index (χ4v) is 2.62. The fraction of sp³-hybridized carbons (Fsp3) is 0.263. The van der Waals surface area contributed by atoms with Gasteiger partial charge in [0.2, 0.25) is 0 Å². The van der Waals surface area contributed by atoms with E-state index in [0.717, 1.165) is 31.0 Å². The van der Waals surface area contributed by atoms with Crippen molar-refractivity contribution in [1.82, 2.24) is 0 Å². The van der Waals surface area contributed by atoms with Crippen LogP contribution in [0, 0.1) is 5.82 Å². The molecule has 7 heteroatoms. The van der Waals surface area contributed by atoms with Crippen molar-refractivity contribution in [1.29, 1.82) is 0 Å². The molecule has 2 aromatic carbocycles. The lowest BCUT2D eigenvalue weighted by Gasteiger charge is -2.23. The first-order chi connectivity index (χ1) is 12.5. The van der Waals surface area contributed by atoms with Crippen LogP contribution in [0.15, 0.2) is 42.5 Å². The maximum Gasteiger partial charge on any atom is 0.335 e. The number of carbonyl (C=O) groups is 2. The number of nitrogens with one attached hydrogen (secondary N) is 1. The summed E-state index contributed by atoms with van der Waals surface area (Å²) in [5, 5.41) is 11.3. The molecule has 1 fully saturated rings. The second-order valence-corrected chi connectivity index (χ2v) is 5.91. The van der Waals surface area contributed by atoms with E-state index < -0.39 is 17.7 Å². The lowest BCUT2D eigenvalue weighted by atomic mass is 10.1. The molecule has 1 aliphatic rings. The Kier molecular flexibility index (Phi) is 5.48.